The standard InChI is InChI=1S/C23H32N4O2/c1-3-27(19-9-11-25(2)12-10-19)23(29)18-14-22(28)26(16-18)13-8-17-15-24-21-7-5-4-6-20(17)21/h4-7,15,18-19,24H,3,8-14,16H2,1-2H3/t18-/m0/s1. The molecule has 156 valence electrons. The maximum atomic E-state index is 13.2. The molecule has 6 nitrogen and oxygen atoms in total. The Bertz CT molecular complexity index is 869. The number of hydrogen-bond acceptors (Lipinski definition) is 3. The second kappa shape index (κ2) is 8.57. The predicted octanol–water partition coefficient (Wildman–Crippen LogP) is 2.50. The minimum Gasteiger partial charge on any atom is -0.361 e. The molecule has 2 fully saturated rings. The van der Waals surface area contributed by atoms with E-state index in [-0.39, 0.29) is 17.7 Å². The van der Waals surface area contributed by atoms with E-state index < -0.39 is 0 Å². The number of piperidine rings is 1. The molecule has 0 saturated carbocycles. The Morgan fingerprint density at radius 3 is 2.76 bits per heavy atom. The Balaban J connectivity index is 1.36. The quantitative estimate of drug-likeness (QED) is 0.816. The first-order valence-electron chi connectivity index (χ1n) is 10.9. The number of aromatic nitrogens is 1. The molecule has 1 N–H and O–H groups in total. The average molecular weight is 397 g/mol. The van der Waals surface area contributed by atoms with Crippen LogP contribution in [0.1, 0.15) is 31.7 Å². The number of nitrogens with zero attached hydrogens (tertiary/aromatic N) is 3. The first-order chi connectivity index (χ1) is 14.1. The zero-order chi connectivity index (χ0) is 20.4. The van der Waals surface area contributed by atoms with Crippen molar-refractivity contribution in [3.05, 3.63) is 36.0 Å². The number of carbonyl (C=O) groups excluding carboxylic acids is 2. The van der Waals surface area contributed by atoms with Gasteiger partial charge in [-0.2, -0.15) is 0 Å². The van der Waals surface area contributed by atoms with Gasteiger partial charge in [-0.25, -0.2) is 0 Å². The number of nitrogens with one attached hydrogen (secondary N) is 1. The smallest absolute Gasteiger partial charge is 0.228 e. The number of fused-ring (bicyclic) bond motifs is 1. The van der Waals surface area contributed by atoms with Crippen LogP contribution in [0, 0.1) is 5.92 Å². The van der Waals surface area contributed by atoms with Gasteiger partial charge in [0.25, 0.3) is 0 Å². The molecule has 0 radical (unpaired) electrons. The van der Waals surface area contributed by atoms with E-state index in [0.29, 0.717) is 25.6 Å². The third kappa shape index (κ3) is 4.17. The minimum absolute atomic E-state index is 0.114. The van der Waals surface area contributed by atoms with Gasteiger partial charge in [0.2, 0.25) is 11.8 Å². The van der Waals surface area contributed by atoms with Gasteiger partial charge in [0.15, 0.2) is 0 Å². The number of amides is 2. The van der Waals surface area contributed by atoms with Gasteiger partial charge in [-0.3, -0.25) is 9.59 Å². The van der Waals surface area contributed by atoms with Gasteiger partial charge in [0.1, 0.15) is 0 Å². The molecule has 4 rings (SSSR count). The molecular formula is C23H32N4O2. The molecule has 1 aromatic carbocycles. The lowest BCUT2D eigenvalue weighted by atomic mass is 10.00. The van der Waals surface area contributed by atoms with Crippen LogP contribution in [0.4, 0.5) is 0 Å². The van der Waals surface area contributed by atoms with Crippen molar-refractivity contribution in [2.45, 2.75) is 38.6 Å². The average Bonchev–Trinajstić information content (AvgIpc) is 3.31. The number of rotatable bonds is 6. The van der Waals surface area contributed by atoms with E-state index in [0.717, 1.165) is 44.4 Å². The molecular weight excluding hydrogens is 364 g/mol. The molecule has 3 heterocycles. The Kier molecular flexibility index (Phi) is 5.90. The van der Waals surface area contributed by atoms with Crippen molar-refractivity contribution < 1.29 is 9.59 Å². The molecule has 1 aromatic heterocycles. The lowest BCUT2D eigenvalue weighted by Crippen LogP contribution is -2.48. The summed E-state index contributed by atoms with van der Waals surface area (Å²) in [6.45, 7) is 6.09. The lowest BCUT2D eigenvalue weighted by Gasteiger charge is -2.38. The summed E-state index contributed by atoms with van der Waals surface area (Å²) in [5.74, 6) is 0.0951. The van der Waals surface area contributed by atoms with Crippen molar-refractivity contribution in [2.75, 3.05) is 39.8 Å². The highest BCUT2D eigenvalue weighted by Gasteiger charge is 2.38. The van der Waals surface area contributed by atoms with Gasteiger partial charge in [0.05, 0.1) is 5.92 Å². The lowest BCUT2D eigenvalue weighted by molar-refractivity contribution is -0.138. The van der Waals surface area contributed by atoms with Crippen LogP contribution in [-0.2, 0) is 16.0 Å². The Morgan fingerprint density at radius 2 is 2.00 bits per heavy atom. The molecule has 0 unspecified atom stereocenters. The Morgan fingerprint density at radius 1 is 1.24 bits per heavy atom. The summed E-state index contributed by atoms with van der Waals surface area (Å²) in [5, 5.41) is 1.21. The maximum absolute atomic E-state index is 13.2. The Labute approximate surface area is 172 Å². The summed E-state index contributed by atoms with van der Waals surface area (Å²) in [7, 11) is 2.13. The highest BCUT2D eigenvalue weighted by atomic mass is 16.2. The highest BCUT2D eigenvalue weighted by molar-refractivity contribution is 5.89. The summed E-state index contributed by atoms with van der Waals surface area (Å²) in [6.07, 6.45) is 5.26. The molecule has 2 aliphatic heterocycles. The van der Waals surface area contributed by atoms with Crippen molar-refractivity contribution in [1.29, 1.82) is 0 Å². The van der Waals surface area contributed by atoms with E-state index in [1.165, 1.54) is 10.9 Å². The molecule has 1 atom stereocenters. The van der Waals surface area contributed by atoms with E-state index in [1.807, 2.05) is 28.1 Å². The van der Waals surface area contributed by atoms with Crippen molar-refractivity contribution in [1.82, 2.24) is 19.7 Å². The number of carbonyl (C=O) groups is 2. The first kappa shape index (κ1) is 20.0. The van der Waals surface area contributed by atoms with Gasteiger partial charge >= 0.3 is 0 Å². The van der Waals surface area contributed by atoms with Gasteiger partial charge in [-0.05, 0) is 58.0 Å². The molecule has 2 saturated heterocycles. The topological polar surface area (TPSA) is 59.7 Å². The monoisotopic (exact) mass is 396 g/mol. The first-order valence-corrected chi connectivity index (χ1v) is 10.9. The molecule has 6 heteroatoms. The molecule has 2 amide bonds. The number of aromatic amines is 1. The second-order valence-corrected chi connectivity index (χ2v) is 8.51. The van der Waals surface area contributed by atoms with Crippen LogP contribution in [-0.4, -0.2) is 77.3 Å². The number of hydrogen-bond donors (Lipinski definition) is 1. The van der Waals surface area contributed by atoms with Gasteiger partial charge in [-0.15, -0.1) is 0 Å². The summed E-state index contributed by atoms with van der Waals surface area (Å²) < 4.78 is 0. The SMILES string of the molecule is CCN(C(=O)[C@H]1CC(=O)N(CCc2c[nH]c3ccccc23)C1)C1CCN(C)CC1. The number of H-pyrrole nitrogens is 1. The third-order valence-corrected chi connectivity index (χ3v) is 6.64. The summed E-state index contributed by atoms with van der Waals surface area (Å²) in [4.78, 5) is 35.3. The minimum atomic E-state index is -0.190. The summed E-state index contributed by atoms with van der Waals surface area (Å²) in [6, 6.07) is 8.56. The highest BCUT2D eigenvalue weighted by Crippen LogP contribution is 2.25. The molecule has 29 heavy (non-hydrogen) atoms. The zero-order valence-electron chi connectivity index (χ0n) is 17.6. The molecule has 2 aliphatic rings. The van der Waals surface area contributed by atoms with Crippen LogP contribution in [0.2, 0.25) is 0 Å². The van der Waals surface area contributed by atoms with Gasteiger partial charge in [-0.1, -0.05) is 18.2 Å². The number of para-hydroxylation sites is 1. The van der Waals surface area contributed by atoms with E-state index in [9.17, 15) is 9.59 Å². The van der Waals surface area contributed by atoms with Gasteiger partial charge in [0, 0.05) is 49.2 Å². The van der Waals surface area contributed by atoms with Gasteiger partial charge < -0.3 is 19.7 Å². The van der Waals surface area contributed by atoms with Crippen molar-refractivity contribution in [3.8, 4) is 0 Å². The largest absolute Gasteiger partial charge is 0.361 e. The molecule has 0 aliphatic carbocycles. The number of likely N-dealkylation sites (tertiary alicyclic amines) is 2. The van der Waals surface area contributed by atoms with Crippen LogP contribution in [0.3, 0.4) is 0 Å². The Hall–Kier alpha value is -2.34. The van der Waals surface area contributed by atoms with E-state index in [1.54, 1.807) is 0 Å². The van der Waals surface area contributed by atoms with E-state index in [2.05, 4.69) is 36.0 Å². The third-order valence-electron chi connectivity index (χ3n) is 6.64. The fourth-order valence-corrected chi connectivity index (χ4v) is 4.88. The van der Waals surface area contributed by atoms with E-state index >= 15 is 0 Å². The molecule has 0 bridgehead atoms. The zero-order valence-corrected chi connectivity index (χ0v) is 17.6. The predicted molar refractivity (Wildman–Crippen MR) is 115 cm³/mol. The number of benzene rings is 1. The maximum Gasteiger partial charge on any atom is 0.228 e. The van der Waals surface area contributed by atoms with Crippen LogP contribution < -0.4 is 0 Å². The normalized spacial score (nSPS) is 21.2. The molecule has 0 spiro atoms. The van der Waals surface area contributed by atoms with Crippen LogP contribution in [0.15, 0.2) is 30.5 Å². The second-order valence-electron chi connectivity index (χ2n) is 8.51. The van der Waals surface area contributed by atoms with Crippen molar-refractivity contribution in [2.24, 2.45) is 5.92 Å². The fourth-order valence-electron chi connectivity index (χ4n) is 4.88. The van der Waals surface area contributed by atoms with Crippen LogP contribution in [0.5, 0.6) is 0 Å². The summed E-state index contributed by atoms with van der Waals surface area (Å²) in [5.41, 5.74) is 2.35. The molecule has 2 aromatic rings. The summed E-state index contributed by atoms with van der Waals surface area (Å²) >= 11 is 0. The van der Waals surface area contributed by atoms with Crippen molar-refractivity contribution in [3.63, 3.8) is 0 Å². The van der Waals surface area contributed by atoms with Crippen LogP contribution >= 0.6 is 0 Å². The van der Waals surface area contributed by atoms with Crippen LogP contribution in [0.25, 0.3) is 10.9 Å². The van der Waals surface area contributed by atoms with E-state index in [4.69, 9.17) is 0 Å². The fraction of sp³-hybridized carbons (Fsp3) is 0.565. The van der Waals surface area contributed by atoms with Crippen molar-refractivity contribution >= 4 is 22.7 Å².